The predicted octanol–water partition coefficient (Wildman–Crippen LogP) is 3.67. The number of aliphatic hydroxyl groups excluding tert-OH is 1. The molecule has 0 radical (unpaired) electrons. The van der Waals surface area contributed by atoms with Crippen molar-refractivity contribution >= 4 is 15.9 Å². The van der Waals surface area contributed by atoms with E-state index in [9.17, 15) is 9.50 Å². The molecule has 106 valence electrons. The zero-order chi connectivity index (χ0) is 14.7. The second-order valence-electron chi connectivity index (χ2n) is 4.90. The molecular weight excluding hydrogens is 321 g/mol. The van der Waals surface area contributed by atoms with E-state index in [4.69, 9.17) is 5.73 Å². The number of benzene rings is 2. The van der Waals surface area contributed by atoms with Crippen LogP contribution in [-0.4, -0.2) is 11.7 Å². The quantitative estimate of drug-likeness (QED) is 0.893. The largest absolute Gasteiger partial charge is 0.388 e. The average molecular weight is 338 g/mol. The Hall–Kier alpha value is -1.23. The Morgan fingerprint density at radius 1 is 1.20 bits per heavy atom. The molecular formula is C16H17BrFNO. The predicted molar refractivity (Wildman–Crippen MR) is 82.0 cm³/mol. The summed E-state index contributed by atoms with van der Waals surface area (Å²) in [5, 5.41) is 10.5. The van der Waals surface area contributed by atoms with Crippen LogP contribution < -0.4 is 5.73 Å². The van der Waals surface area contributed by atoms with Gasteiger partial charge in [-0.2, -0.15) is 0 Å². The standard InChI is InChI=1S/C16H17BrFNO/c1-10-3-2-4-11(5-10)15(9-19)16(20)12-6-13(17)8-14(18)7-12/h2-8,15-16,20H,9,19H2,1H3. The van der Waals surface area contributed by atoms with E-state index in [1.54, 1.807) is 6.07 Å². The molecule has 0 bridgehead atoms. The first-order valence-corrected chi connectivity index (χ1v) is 7.21. The zero-order valence-corrected chi connectivity index (χ0v) is 12.8. The molecule has 0 saturated carbocycles. The Morgan fingerprint density at radius 2 is 1.95 bits per heavy atom. The van der Waals surface area contributed by atoms with E-state index in [1.165, 1.54) is 12.1 Å². The van der Waals surface area contributed by atoms with Crippen molar-refractivity contribution in [3.63, 3.8) is 0 Å². The summed E-state index contributed by atoms with van der Waals surface area (Å²) in [7, 11) is 0. The highest BCUT2D eigenvalue weighted by Gasteiger charge is 2.22. The highest BCUT2D eigenvalue weighted by atomic mass is 79.9. The van der Waals surface area contributed by atoms with E-state index in [1.807, 2.05) is 31.2 Å². The maximum absolute atomic E-state index is 13.4. The third-order valence-corrected chi connectivity index (χ3v) is 3.79. The molecule has 0 amide bonds. The van der Waals surface area contributed by atoms with Gasteiger partial charge in [-0.3, -0.25) is 0 Å². The van der Waals surface area contributed by atoms with Crippen LogP contribution in [-0.2, 0) is 0 Å². The van der Waals surface area contributed by atoms with E-state index < -0.39 is 6.10 Å². The average Bonchev–Trinajstić information content (AvgIpc) is 2.38. The van der Waals surface area contributed by atoms with Crippen LogP contribution >= 0.6 is 15.9 Å². The minimum absolute atomic E-state index is 0.261. The number of rotatable bonds is 4. The lowest BCUT2D eigenvalue weighted by molar-refractivity contribution is 0.147. The highest BCUT2D eigenvalue weighted by molar-refractivity contribution is 9.10. The maximum atomic E-state index is 13.4. The molecule has 0 aliphatic heterocycles. The normalized spacial score (nSPS) is 14.1. The SMILES string of the molecule is Cc1cccc(C(CN)C(O)c2cc(F)cc(Br)c2)c1. The van der Waals surface area contributed by atoms with Gasteiger partial charge in [0.1, 0.15) is 5.82 Å². The van der Waals surface area contributed by atoms with Crippen LogP contribution in [0.3, 0.4) is 0 Å². The van der Waals surface area contributed by atoms with Crippen LogP contribution in [0.1, 0.15) is 28.7 Å². The molecule has 0 fully saturated rings. The van der Waals surface area contributed by atoms with Crippen molar-refractivity contribution in [1.82, 2.24) is 0 Å². The minimum Gasteiger partial charge on any atom is -0.388 e. The molecule has 0 aliphatic rings. The lowest BCUT2D eigenvalue weighted by Gasteiger charge is -2.23. The van der Waals surface area contributed by atoms with E-state index in [0.717, 1.165) is 11.1 Å². The molecule has 0 saturated heterocycles. The molecule has 2 unspecified atom stereocenters. The van der Waals surface area contributed by atoms with Crippen molar-refractivity contribution in [2.24, 2.45) is 5.73 Å². The fourth-order valence-corrected chi connectivity index (χ4v) is 2.81. The lowest BCUT2D eigenvalue weighted by atomic mass is 9.88. The van der Waals surface area contributed by atoms with Crippen molar-refractivity contribution in [2.75, 3.05) is 6.54 Å². The van der Waals surface area contributed by atoms with Crippen LogP contribution in [0, 0.1) is 12.7 Å². The van der Waals surface area contributed by atoms with Gasteiger partial charge in [0.15, 0.2) is 0 Å². The number of hydrogen-bond acceptors (Lipinski definition) is 2. The fraction of sp³-hybridized carbons (Fsp3) is 0.250. The first kappa shape index (κ1) is 15.2. The van der Waals surface area contributed by atoms with Gasteiger partial charge in [-0.15, -0.1) is 0 Å². The maximum Gasteiger partial charge on any atom is 0.124 e. The smallest absolute Gasteiger partial charge is 0.124 e. The van der Waals surface area contributed by atoms with Crippen LogP contribution in [0.5, 0.6) is 0 Å². The number of aryl methyl sites for hydroxylation is 1. The summed E-state index contributed by atoms with van der Waals surface area (Å²) in [6.07, 6.45) is -0.839. The summed E-state index contributed by atoms with van der Waals surface area (Å²) in [5.41, 5.74) is 8.39. The third-order valence-electron chi connectivity index (χ3n) is 3.33. The van der Waals surface area contributed by atoms with Gasteiger partial charge in [-0.1, -0.05) is 45.8 Å². The molecule has 2 atom stereocenters. The molecule has 0 aliphatic carbocycles. The van der Waals surface area contributed by atoms with Gasteiger partial charge < -0.3 is 10.8 Å². The summed E-state index contributed by atoms with van der Waals surface area (Å²) in [5.74, 6) is -0.642. The Bertz CT molecular complexity index is 583. The Morgan fingerprint density at radius 3 is 2.55 bits per heavy atom. The second-order valence-corrected chi connectivity index (χ2v) is 5.82. The summed E-state index contributed by atoms with van der Waals surface area (Å²) in [6.45, 7) is 2.28. The lowest BCUT2D eigenvalue weighted by Crippen LogP contribution is -2.20. The van der Waals surface area contributed by atoms with Crippen LogP contribution in [0.25, 0.3) is 0 Å². The van der Waals surface area contributed by atoms with E-state index >= 15 is 0 Å². The molecule has 2 aromatic rings. The fourth-order valence-electron chi connectivity index (χ4n) is 2.33. The third kappa shape index (κ3) is 3.45. The molecule has 2 rings (SSSR count). The molecule has 0 spiro atoms. The van der Waals surface area contributed by atoms with Crippen molar-refractivity contribution < 1.29 is 9.50 Å². The van der Waals surface area contributed by atoms with E-state index in [0.29, 0.717) is 16.6 Å². The summed E-state index contributed by atoms with van der Waals surface area (Å²) in [6, 6.07) is 12.3. The summed E-state index contributed by atoms with van der Waals surface area (Å²) < 4.78 is 14.1. The topological polar surface area (TPSA) is 46.2 Å². The van der Waals surface area contributed by atoms with Gasteiger partial charge in [0.2, 0.25) is 0 Å². The molecule has 2 nitrogen and oxygen atoms in total. The molecule has 0 aromatic heterocycles. The second kappa shape index (κ2) is 6.48. The zero-order valence-electron chi connectivity index (χ0n) is 11.2. The van der Waals surface area contributed by atoms with Crippen LogP contribution in [0.15, 0.2) is 46.9 Å². The van der Waals surface area contributed by atoms with Crippen molar-refractivity contribution in [3.05, 3.63) is 69.4 Å². The molecule has 3 N–H and O–H groups in total. The highest BCUT2D eigenvalue weighted by Crippen LogP contribution is 2.32. The molecule has 4 heteroatoms. The number of nitrogens with two attached hydrogens (primary N) is 1. The van der Waals surface area contributed by atoms with Gasteiger partial charge in [-0.25, -0.2) is 4.39 Å². The Balaban J connectivity index is 2.35. The first-order valence-electron chi connectivity index (χ1n) is 6.42. The number of aliphatic hydroxyl groups is 1. The molecule has 20 heavy (non-hydrogen) atoms. The first-order chi connectivity index (χ1) is 9.51. The Labute approximate surface area is 126 Å². The van der Waals surface area contributed by atoms with Gasteiger partial charge >= 0.3 is 0 Å². The summed E-state index contributed by atoms with van der Waals surface area (Å²) >= 11 is 3.24. The minimum atomic E-state index is -0.839. The van der Waals surface area contributed by atoms with Crippen molar-refractivity contribution in [3.8, 4) is 0 Å². The van der Waals surface area contributed by atoms with Crippen molar-refractivity contribution in [1.29, 1.82) is 0 Å². The Kier molecular flexibility index (Phi) is 4.91. The van der Waals surface area contributed by atoms with Crippen LogP contribution in [0.2, 0.25) is 0 Å². The monoisotopic (exact) mass is 337 g/mol. The van der Waals surface area contributed by atoms with Gasteiger partial charge in [0.25, 0.3) is 0 Å². The number of hydrogen-bond donors (Lipinski definition) is 2. The summed E-state index contributed by atoms with van der Waals surface area (Å²) in [4.78, 5) is 0. The van der Waals surface area contributed by atoms with E-state index in [-0.39, 0.29) is 11.7 Å². The van der Waals surface area contributed by atoms with Gasteiger partial charge in [0, 0.05) is 16.9 Å². The van der Waals surface area contributed by atoms with Crippen molar-refractivity contribution in [2.45, 2.75) is 18.9 Å². The van der Waals surface area contributed by atoms with Crippen LogP contribution in [0.4, 0.5) is 4.39 Å². The van der Waals surface area contributed by atoms with Gasteiger partial charge in [-0.05, 0) is 36.2 Å². The molecule has 2 aromatic carbocycles. The van der Waals surface area contributed by atoms with E-state index in [2.05, 4.69) is 15.9 Å². The molecule has 0 heterocycles. The number of halogens is 2. The van der Waals surface area contributed by atoms with Gasteiger partial charge in [0.05, 0.1) is 6.10 Å².